The lowest BCUT2D eigenvalue weighted by Crippen LogP contribution is -2.48. The minimum Gasteiger partial charge on any atom is -0.352 e. The van der Waals surface area contributed by atoms with Crippen LogP contribution in [-0.4, -0.2) is 23.5 Å². The van der Waals surface area contributed by atoms with Crippen molar-refractivity contribution >= 4 is 17.7 Å². The molecule has 3 heteroatoms. The summed E-state index contributed by atoms with van der Waals surface area (Å²) in [5.74, 6) is 3.47. The summed E-state index contributed by atoms with van der Waals surface area (Å²) in [6.45, 7) is 0. The average Bonchev–Trinajstić information content (AvgIpc) is 2.04. The molecule has 0 aromatic heterocycles. The van der Waals surface area contributed by atoms with Crippen LogP contribution < -0.4 is 5.32 Å². The van der Waals surface area contributed by atoms with Crippen molar-refractivity contribution < 1.29 is 4.79 Å². The van der Waals surface area contributed by atoms with Gasteiger partial charge in [-0.3, -0.25) is 4.79 Å². The van der Waals surface area contributed by atoms with Crippen molar-refractivity contribution in [3.63, 3.8) is 0 Å². The van der Waals surface area contributed by atoms with Gasteiger partial charge in [-0.05, 0) is 24.5 Å². The van der Waals surface area contributed by atoms with Crippen LogP contribution in [0.15, 0.2) is 0 Å². The number of carbonyl (C=O) groups excluding carboxylic acids is 1. The molecule has 0 aromatic rings. The first-order chi connectivity index (χ1) is 5.36. The van der Waals surface area contributed by atoms with Crippen molar-refractivity contribution in [1.29, 1.82) is 0 Å². The van der Waals surface area contributed by atoms with E-state index in [0.717, 1.165) is 24.5 Å². The summed E-state index contributed by atoms with van der Waals surface area (Å²) in [5, 5.41) is 3.06. The Hall–Kier alpha value is -0.180. The molecular weight excluding hydrogens is 158 g/mol. The molecule has 2 aliphatic rings. The van der Waals surface area contributed by atoms with Crippen molar-refractivity contribution in [2.45, 2.75) is 25.3 Å². The Balaban J connectivity index is 1.98. The Morgan fingerprint density at radius 1 is 1.45 bits per heavy atom. The number of piperidine rings is 1. The second kappa shape index (κ2) is 3.05. The number of fused-ring (bicyclic) bond motifs is 1. The van der Waals surface area contributed by atoms with E-state index in [4.69, 9.17) is 0 Å². The van der Waals surface area contributed by atoms with Crippen LogP contribution in [0.25, 0.3) is 0 Å². The second-order valence-electron chi connectivity index (χ2n) is 3.34. The monoisotopic (exact) mass is 171 g/mol. The van der Waals surface area contributed by atoms with E-state index in [2.05, 4.69) is 5.32 Å². The summed E-state index contributed by atoms with van der Waals surface area (Å²) in [4.78, 5) is 11.0. The highest BCUT2D eigenvalue weighted by Gasteiger charge is 2.30. The zero-order valence-electron chi connectivity index (χ0n) is 6.51. The molecule has 0 saturated carbocycles. The molecular formula is C8H13NOS. The smallest absolute Gasteiger partial charge is 0.220 e. The molecule has 1 N–H and O–H groups in total. The van der Waals surface area contributed by atoms with Gasteiger partial charge in [-0.25, -0.2) is 0 Å². The van der Waals surface area contributed by atoms with Crippen LogP contribution in [0.1, 0.15) is 19.3 Å². The van der Waals surface area contributed by atoms with Crippen molar-refractivity contribution in [1.82, 2.24) is 5.32 Å². The van der Waals surface area contributed by atoms with E-state index in [1.807, 2.05) is 11.8 Å². The van der Waals surface area contributed by atoms with Gasteiger partial charge in [0.05, 0.1) is 0 Å². The Morgan fingerprint density at radius 2 is 2.36 bits per heavy atom. The molecule has 0 bridgehead atoms. The molecule has 2 heterocycles. The highest BCUT2D eigenvalue weighted by atomic mass is 32.2. The summed E-state index contributed by atoms with van der Waals surface area (Å²) in [5.41, 5.74) is 0. The van der Waals surface area contributed by atoms with Crippen LogP contribution in [0.3, 0.4) is 0 Å². The molecule has 2 unspecified atom stereocenters. The summed E-state index contributed by atoms with van der Waals surface area (Å²) >= 11 is 1.97. The van der Waals surface area contributed by atoms with Gasteiger partial charge < -0.3 is 5.32 Å². The molecule has 1 amide bonds. The molecule has 0 radical (unpaired) electrons. The van der Waals surface area contributed by atoms with Crippen LogP contribution in [-0.2, 0) is 4.79 Å². The third kappa shape index (κ3) is 1.53. The Morgan fingerprint density at radius 3 is 3.27 bits per heavy atom. The molecule has 2 fully saturated rings. The Labute approximate surface area is 71.1 Å². The highest BCUT2D eigenvalue weighted by Crippen LogP contribution is 2.29. The number of hydrogen-bond donors (Lipinski definition) is 1. The van der Waals surface area contributed by atoms with Crippen molar-refractivity contribution in [3.05, 3.63) is 0 Å². The lowest BCUT2D eigenvalue weighted by molar-refractivity contribution is -0.124. The quantitative estimate of drug-likeness (QED) is 0.589. The molecule has 0 aliphatic carbocycles. The molecule has 2 saturated heterocycles. The summed E-state index contributed by atoms with van der Waals surface area (Å²) in [6, 6.07) is 0.495. The first kappa shape index (κ1) is 7.47. The average molecular weight is 171 g/mol. The zero-order valence-corrected chi connectivity index (χ0v) is 7.32. The Kier molecular flexibility index (Phi) is 2.07. The van der Waals surface area contributed by atoms with Crippen LogP contribution in [0, 0.1) is 5.92 Å². The maximum absolute atomic E-state index is 11.0. The second-order valence-corrected chi connectivity index (χ2v) is 4.49. The van der Waals surface area contributed by atoms with Crippen molar-refractivity contribution in [2.75, 3.05) is 11.5 Å². The van der Waals surface area contributed by atoms with E-state index < -0.39 is 0 Å². The van der Waals surface area contributed by atoms with E-state index in [1.54, 1.807) is 0 Å². The lowest BCUT2D eigenvalue weighted by atomic mass is 9.89. The van der Waals surface area contributed by atoms with Gasteiger partial charge in [-0.15, -0.1) is 0 Å². The fourth-order valence-electron chi connectivity index (χ4n) is 1.88. The molecule has 0 aromatic carbocycles. The number of thioether (sulfide) groups is 1. The number of amides is 1. The van der Waals surface area contributed by atoms with Crippen molar-refractivity contribution in [3.8, 4) is 0 Å². The number of hydrogen-bond acceptors (Lipinski definition) is 2. The minimum atomic E-state index is 0.258. The van der Waals surface area contributed by atoms with E-state index in [0.29, 0.717) is 6.04 Å². The van der Waals surface area contributed by atoms with Crippen LogP contribution in [0.2, 0.25) is 0 Å². The van der Waals surface area contributed by atoms with Crippen molar-refractivity contribution in [2.24, 2.45) is 5.92 Å². The van der Waals surface area contributed by atoms with Crippen LogP contribution >= 0.6 is 11.8 Å². The summed E-state index contributed by atoms with van der Waals surface area (Å²) in [6.07, 6.45) is 3.18. The molecule has 0 spiro atoms. The first-order valence-corrected chi connectivity index (χ1v) is 5.39. The van der Waals surface area contributed by atoms with Gasteiger partial charge in [-0.2, -0.15) is 11.8 Å². The number of carbonyl (C=O) groups is 1. The van der Waals surface area contributed by atoms with Gasteiger partial charge in [0.15, 0.2) is 0 Å². The van der Waals surface area contributed by atoms with Gasteiger partial charge in [0.1, 0.15) is 0 Å². The first-order valence-electron chi connectivity index (χ1n) is 4.23. The molecule has 2 aliphatic heterocycles. The largest absolute Gasteiger partial charge is 0.352 e. The zero-order chi connectivity index (χ0) is 7.68. The third-order valence-corrected chi connectivity index (χ3v) is 3.71. The van der Waals surface area contributed by atoms with E-state index in [-0.39, 0.29) is 5.91 Å². The highest BCUT2D eigenvalue weighted by molar-refractivity contribution is 7.99. The molecule has 2 rings (SSSR count). The van der Waals surface area contributed by atoms with Gasteiger partial charge in [0.2, 0.25) is 5.91 Å². The summed E-state index contributed by atoms with van der Waals surface area (Å²) in [7, 11) is 0. The standard InChI is InChI=1S/C8H13NOS/c10-8-2-1-6-3-4-11-5-7(6)9-8/h6-7H,1-5H2,(H,9,10). The topological polar surface area (TPSA) is 29.1 Å². The normalized spacial score (nSPS) is 37.6. The van der Waals surface area contributed by atoms with E-state index in [9.17, 15) is 4.79 Å². The predicted octanol–water partition coefficient (Wildman–Crippen LogP) is 1.02. The van der Waals surface area contributed by atoms with Crippen LogP contribution in [0.4, 0.5) is 0 Å². The molecule has 2 atom stereocenters. The van der Waals surface area contributed by atoms with E-state index in [1.165, 1.54) is 12.2 Å². The third-order valence-electron chi connectivity index (χ3n) is 2.59. The molecule has 2 nitrogen and oxygen atoms in total. The summed E-state index contributed by atoms with van der Waals surface area (Å²) < 4.78 is 0. The van der Waals surface area contributed by atoms with Gasteiger partial charge in [0.25, 0.3) is 0 Å². The maximum Gasteiger partial charge on any atom is 0.220 e. The predicted molar refractivity (Wildman–Crippen MR) is 46.6 cm³/mol. The SMILES string of the molecule is O=C1CCC2CCSCC2N1. The Bertz CT molecular complexity index is 171. The number of rotatable bonds is 0. The molecule has 11 heavy (non-hydrogen) atoms. The fraction of sp³-hybridized carbons (Fsp3) is 0.875. The molecule has 62 valence electrons. The fourth-order valence-corrected chi connectivity index (χ4v) is 3.13. The van der Waals surface area contributed by atoms with Gasteiger partial charge in [0, 0.05) is 18.2 Å². The van der Waals surface area contributed by atoms with Gasteiger partial charge in [-0.1, -0.05) is 0 Å². The lowest BCUT2D eigenvalue weighted by Gasteiger charge is -2.35. The van der Waals surface area contributed by atoms with Gasteiger partial charge >= 0.3 is 0 Å². The minimum absolute atomic E-state index is 0.258. The van der Waals surface area contributed by atoms with Crippen LogP contribution in [0.5, 0.6) is 0 Å². The number of nitrogens with one attached hydrogen (secondary N) is 1. The van der Waals surface area contributed by atoms with E-state index >= 15 is 0 Å². The maximum atomic E-state index is 11.0.